The third-order valence-corrected chi connectivity index (χ3v) is 6.72. The summed E-state index contributed by atoms with van der Waals surface area (Å²) < 4.78 is 52.4. The van der Waals surface area contributed by atoms with E-state index in [2.05, 4.69) is 5.32 Å². The summed E-state index contributed by atoms with van der Waals surface area (Å²) in [6, 6.07) is 12.2. The predicted molar refractivity (Wildman–Crippen MR) is 131 cm³/mol. The minimum Gasteiger partial charge on any atom is -0.486 e. The molecule has 0 bridgehead atoms. The minimum atomic E-state index is -4.92. The van der Waals surface area contributed by atoms with E-state index in [1.54, 1.807) is 36.4 Å². The van der Waals surface area contributed by atoms with Crippen molar-refractivity contribution >= 4 is 22.8 Å². The maximum Gasteiger partial charge on any atom is 0.406 e. The molecule has 0 saturated heterocycles. The van der Waals surface area contributed by atoms with Gasteiger partial charge >= 0.3 is 11.8 Å². The van der Waals surface area contributed by atoms with E-state index >= 15 is 0 Å². The first-order chi connectivity index (χ1) is 18.6. The van der Waals surface area contributed by atoms with Crippen LogP contribution in [0, 0.1) is 0 Å². The molecule has 0 spiro atoms. The molecule has 12 heteroatoms. The summed E-state index contributed by atoms with van der Waals surface area (Å²) in [5, 5.41) is 23.2. The first-order valence-corrected chi connectivity index (χ1v) is 12.0. The van der Waals surface area contributed by atoms with Gasteiger partial charge in [0.05, 0.1) is 18.6 Å². The van der Waals surface area contributed by atoms with Crippen LogP contribution in [0.5, 0.6) is 5.75 Å². The molecule has 1 aliphatic heterocycles. The molecule has 4 unspecified atom stereocenters. The molecule has 0 radical (unpaired) electrons. The van der Waals surface area contributed by atoms with Crippen LogP contribution in [0.3, 0.4) is 0 Å². The lowest BCUT2D eigenvalue weighted by Crippen LogP contribution is -2.57. The number of aliphatic hydroxyl groups excluding tert-OH is 2. The van der Waals surface area contributed by atoms with Crippen LogP contribution in [0.1, 0.15) is 21.8 Å². The van der Waals surface area contributed by atoms with Crippen LogP contribution in [-0.4, -0.2) is 71.0 Å². The highest BCUT2D eigenvalue weighted by molar-refractivity contribution is 5.98. The van der Waals surface area contributed by atoms with Crippen LogP contribution in [0.25, 0.3) is 11.0 Å². The van der Waals surface area contributed by atoms with E-state index in [0.717, 1.165) is 12.1 Å². The lowest BCUT2D eigenvalue weighted by Gasteiger charge is -2.40. The Morgan fingerprint density at radius 1 is 1.08 bits per heavy atom. The Kier molecular flexibility index (Phi) is 6.91. The van der Waals surface area contributed by atoms with Gasteiger partial charge in [0.25, 0.3) is 5.91 Å². The van der Waals surface area contributed by atoms with E-state index in [9.17, 15) is 32.7 Å². The lowest BCUT2D eigenvalue weighted by atomic mass is 9.77. The van der Waals surface area contributed by atoms with Gasteiger partial charge in [-0.1, -0.05) is 36.4 Å². The van der Waals surface area contributed by atoms with E-state index in [1.165, 1.54) is 12.1 Å². The molecule has 1 aliphatic carbocycles. The van der Waals surface area contributed by atoms with Crippen molar-refractivity contribution in [1.29, 1.82) is 0 Å². The number of amides is 2. The zero-order chi connectivity index (χ0) is 27.9. The van der Waals surface area contributed by atoms with Crippen molar-refractivity contribution in [1.82, 2.24) is 10.2 Å². The van der Waals surface area contributed by atoms with Gasteiger partial charge in [0.15, 0.2) is 0 Å². The number of aliphatic hydroxyl groups is 2. The third kappa shape index (κ3) is 5.00. The SMILES string of the molecule is O=C(NCCO)C1=CC(N(CC(F)(F)F)C(=O)c2cc3ccccc3oc2=O)C(O)C2Oc3ccccc3C12. The van der Waals surface area contributed by atoms with Crippen LogP contribution >= 0.6 is 0 Å². The van der Waals surface area contributed by atoms with Crippen molar-refractivity contribution in [3.05, 3.63) is 87.8 Å². The van der Waals surface area contributed by atoms with Gasteiger partial charge in [-0.2, -0.15) is 13.2 Å². The van der Waals surface area contributed by atoms with Crippen LogP contribution in [-0.2, 0) is 4.79 Å². The molecule has 0 saturated carbocycles. The fraction of sp³-hybridized carbons (Fsp3) is 0.296. The highest BCUT2D eigenvalue weighted by Gasteiger charge is 2.52. The number of halogens is 3. The summed E-state index contributed by atoms with van der Waals surface area (Å²) in [5.74, 6) is -2.56. The van der Waals surface area contributed by atoms with Crippen molar-refractivity contribution in [2.45, 2.75) is 30.3 Å². The summed E-state index contributed by atoms with van der Waals surface area (Å²) in [7, 11) is 0. The molecule has 3 N–H and O–H groups in total. The fourth-order valence-electron chi connectivity index (χ4n) is 5.06. The molecule has 9 nitrogen and oxygen atoms in total. The highest BCUT2D eigenvalue weighted by Crippen LogP contribution is 2.47. The molecule has 3 aromatic rings. The first-order valence-electron chi connectivity index (χ1n) is 12.0. The number of para-hydroxylation sites is 2. The van der Waals surface area contributed by atoms with Crippen molar-refractivity contribution in [3.63, 3.8) is 0 Å². The Morgan fingerprint density at radius 3 is 2.54 bits per heavy atom. The third-order valence-electron chi connectivity index (χ3n) is 6.72. The average molecular weight is 544 g/mol. The number of nitrogens with one attached hydrogen (secondary N) is 1. The van der Waals surface area contributed by atoms with Crippen molar-refractivity contribution < 1.29 is 42.1 Å². The van der Waals surface area contributed by atoms with E-state index in [1.807, 2.05) is 0 Å². The largest absolute Gasteiger partial charge is 0.486 e. The Labute approximate surface area is 219 Å². The molecule has 39 heavy (non-hydrogen) atoms. The summed E-state index contributed by atoms with van der Waals surface area (Å²) in [4.78, 5) is 39.6. The number of benzene rings is 2. The summed E-state index contributed by atoms with van der Waals surface area (Å²) in [5.41, 5.74) is -1.18. The standard InChI is InChI=1S/C27H23F3N2O7/c28-27(29,30)13-32(25(36)17-11-14-5-1-3-7-19(14)39-26(17)37)18-12-16(24(35)31-9-10-33)21-15-6-2-4-8-20(15)38-23(21)22(18)34/h1-8,11-12,18,21-23,33-34H,9-10,13H2,(H,31,35). The summed E-state index contributed by atoms with van der Waals surface area (Å²) in [6.45, 7) is -2.35. The molecule has 1 aromatic heterocycles. The van der Waals surface area contributed by atoms with Gasteiger partial charge < -0.3 is 29.6 Å². The Balaban J connectivity index is 1.62. The maximum atomic E-state index is 13.8. The molecule has 2 aromatic carbocycles. The maximum absolute atomic E-state index is 13.8. The number of ether oxygens (including phenoxy) is 1. The minimum absolute atomic E-state index is 0.0424. The number of alkyl halides is 3. The van der Waals surface area contributed by atoms with Crippen LogP contribution in [0.2, 0.25) is 0 Å². The molecular formula is C27H23F3N2O7. The fourth-order valence-corrected chi connectivity index (χ4v) is 5.06. The van der Waals surface area contributed by atoms with Crippen molar-refractivity contribution in [2.75, 3.05) is 19.7 Å². The first kappa shape index (κ1) is 26.4. The topological polar surface area (TPSA) is 129 Å². The number of fused-ring (bicyclic) bond motifs is 4. The second-order valence-corrected chi connectivity index (χ2v) is 9.21. The molecule has 4 atom stereocenters. The smallest absolute Gasteiger partial charge is 0.406 e. The zero-order valence-corrected chi connectivity index (χ0v) is 20.2. The average Bonchev–Trinajstić information content (AvgIpc) is 3.30. The van der Waals surface area contributed by atoms with Crippen LogP contribution in [0.4, 0.5) is 13.2 Å². The van der Waals surface area contributed by atoms with Gasteiger partial charge in [0.2, 0.25) is 5.91 Å². The molecule has 2 aliphatic rings. The molecule has 0 fully saturated rings. The monoisotopic (exact) mass is 544 g/mol. The molecule has 2 amide bonds. The van der Waals surface area contributed by atoms with Gasteiger partial charge in [-0.3, -0.25) is 9.59 Å². The second-order valence-electron chi connectivity index (χ2n) is 9.21. The second kappa shape index (κ2) is 10.2. The normalized spacial score (nSPS) is 21.9. The van der Waals surface area contributed by atoms with Crippen molar-refractivity contribution in [3.8, 4) is 5.75 Å². The molecule has 204 valence electrons. The van der Waals surface area contributed by atoms with Gasteiger partial charge in [-0.15, -0.1) is 0 Å². The molecular weight excluding hydrogens is 521 g/mol. The van der Waals surface area contributed by atoms with E-state index in [4.69, 9.17) is 14.3 Å². The number of hydrogen-bond acceptors (Lipinski definition) is 7. The van der Waals surface area contributed by atoms with E-state index < -0.39 is 59.9 Å². The van der Waals surface area contributed by atoms with E-state index in [-0.39, 0.29) is 24.3 Å². The number of hydrogen-bond donors (Lipinski definition) is 3. The van der Waals surface area contributed by atoms with E-state index in [0.29, 0.717) is 21.6 Å². The van der Waals surface area contributed by atoms with Gasteiger partial charge in [-0.05, 0) is 24.3 Å². The lowest BCUT2D eigenvalue weighted by molar-refractivity contribution is -0.149. The Bertz CT molecular complexity index is 1520. The van der Waals surface area contributed by atoms with Crippen LogP contribution < -0.4 is 15.7 Å². The van der Waals surface area contributed by atoms with Gasteiger partial charge in [-0.25, -0.2) is 4.79 Å². The molecule has 5 rings (SSSR count). The Hall–Kier alpha value is -4.16. The van der Waals surface area contributed by atoms with Crippen molar-refractivity contribution in [2.24, 2.45) is 0 Å². The highest BCUT2D eigenvalue weighted by atomic mass is 19.4. The quantitative estimate of drug-likeness (QED) is 0.406. The number of nitrogens with zero attached hydrogens (tertiary/aromatic N) is 1. The number of carbonyl (C=O) groups excluding carboxylic acids is 2. The zero-order valence-electron chi connectivity index (χ0n) is 20.2. The molecule has 2 heterocycles. The summed E-state index contributed by atoms with van der Waals surface area (Å²) in [6.07, 6.45) is -6.73. The Morgan fingerprint density at radius 2 is 1.79 bits per heavy atom. The van der Waals surface area contributed by atoms with Gasteiger partial charge in [0, 0.05) is 23.1 Å². The van der Waals surface area contributed by atoms with Crippen LogP contribution in [0.15, 0.2) is 75.5 Å². The van der Waals surface area contributed by atoms with Gasteiger partial charge in [0.1, 0.15) is 35.6 Å². The number of carbonyl (C=O) groups is 2. The summed E-state index contributed by atoms with van der Waals surface area (Å²) >= 11 is 0. The predicted octanol–water partition coefficient (Wildman–Crippen LogP) is 2.12. The number of rotatable bonds is 6.